The maximum atomic E-state index is 13.4. The van der Waals surface area contributed by atoms with Gasteiger partial charge in [0.25, 0.3) is 10.0 Å². The molecular weight excluding hydrogens is 562 g/mol. The number of methoxy groups -OCH3 is 3. The number of hydrogen-bond donors (Lipinski definition) is 1. The number of hydrogen-bond acceptors (Lipinski definition) is 11. The quantitative estimate of drug-likeness (QED) is 0.211. The predicted molar refractivity (Wildman–Crippen MR) is 157 cm³/mol. The van der Waals surface area contributed by atoms with Crippen LogP contribution in [0.25, 0.3) is 11.0 Å². The molecule has 0 spiro atoms. The second-order valence-corrected chi connectivity index (χ2v) is 10.5. The van der Waals surface area contributed by atoms with Gasteiger partial charge in [0.2, 0.25) is 0 Å². The van der Waals surface area contributed by atoms with E-state index in [0.717, 1.165) is 0 Å². The summed E-state index contributed by atoms with van der Waals surface area (Å²) < 4.78 is 57.1. The summed E-state index contributed by atoms with van der Waals surface area (Å²) in [7, 11) is 2.23. The number of anilines is 3. The predicted octanol–water partition coefficient (Wildman–Crippen LogP) is 4.13. The molecule has 0 fully saturated rings. The van der Waals surface area contributed by atoms with Gasteiger partial charge in [-0.1, -0.05) is 12.1 Å². The minimum atomic E-state index is -4.10. The van der Waals surface area contributed by atoms with E-state index < -0.39 is 10.0 Å². The van der Waals surface area contributed by atoms with E-state index in [4.69, 9.17) is 33.9 Å². The Bertz CT molecular complexity index is 1670. The van der Waals surface area contributed by atoms with E-state index in [1.807, 2.05) is 12.1 Å². The number of aromatic nitrogens is 2. The lowest BCUT2D eigenvalue weighted by molar-refractivity contribution is 0.0541. The summed E-state index contributed by atoms with van der Waals surface area (Å²) in [6, 6.07) is 18.1. The summed E-state index contributed by atoms with van der Waals surface area (Å²) in [5, 5.41) is 9.09. The van der Waals surface area contributed by atoms with Crippen LogP contribution in [0.5, 0.6) is 17.2 Å². The molecule has 1 heterocycles. The first-order valence-electron chi connectivity index (χ1n) is 12.8. The Hall–Kier alpha value is -4.64. The van der Waals surface area contributed by atoms with Crippen molar-refractivity contribution in [2.45, 2.75) is 4.90 Å². The van der Waals surface area contributed by atoms with Crippen LogP contribution in [0.3, 0.4) is 0 Å². The summed E-state index contributed by atoms with van der Waals surface area (Å²) in [6.07, 6.45) is 0. The normalized spacial score (nSPS) is 11.1. The topological polar surface area (TPSA) is 145 Å². The van der Waals surface area contributed by atoms with E-state index in [1.165, 1.54) is 38.5 Å². The minimum Gasteiger partial charge on any atom is -0.497 e. The molecule has 0 atom stereocenters. The monoisotopic (exact) mass is 593 g/mol. The number of ether oxygens (including phenoxy) is 5. The molecule has 0 saturated carbocycles. The third-order valence-electron chi connectivity index (χ3n) is 6.13. The van der Waals surface area contributed by atoms with Gasteiger partial charge in [-0.05, 0) is 36.4 Å². The molecule has 0 saturated heterocycles. The average Bonchev–Trinajstić information content (AvgIpc) is 3.01. The summed E-state index contributed by atoms with van der Waals surface area (Å²) in [4.78, 5) is 11.0. The van der Waals surface area contributed by atoms with Crippen LogP contribution in [-0.2, 0) is 19.5 Å². The van der Waals surface area contributed by atoms with Gasteiger partial charge in [-0.3, -0.25) is 4.72 Å². The van der Waals surface area contributed by atoms with Crippen LogP contribution >= 0.6 is 0 Å². The molecule has 13 heteroatoms. The highest BCUT2D eigenvalue weighted by atomic mass is 32.2. The molecule has 3 aromatic carbocycles. The van der Waals surface area contributed by atoms with Crippen LogP contribution in [0.2, 0.25) is 0 Å². The zero-order chi connectivity index (χ0) is 30.1. The Morgan fingerprint density at radius 2 is 1.60 bits per heavy atom. The van der Waals surface area contributed by atoms with Gasteiger partial charge in [-0.2, -0.15) is 5.26 Å². The van der Waals surface area contributed by atoms with Crippen LogP contribution < -0.4 is 23.8 Å². The van der Waals surface area contributed by atoms with Gasteiger partial charge in [-0.25, -0.2) is 18.4 Å². The molecule has 12 nitrogen and oxygen atoms in total. The number of benzene rings is 3. The largest absolute Gasteiger partial charge is 0.497 e. The summed E-state index contributed by atoms with van der Waals surface area (Å²) >= 11 is 0. The van der Waals surface area contributed by atoms with Gasteiger partial charge in [0, 0.05) is 26.3 Å². The number of fused-ring (bicyclic) bond motifs is 1. The highest BCUT2D eigenvalue weighted by molar-refractivity contribution is 7.92. The van der Waals surface area contributed by atoms with Crippen molar-refractivity contribution in [1.82, 2.24) is 9.97 Å². The average molecular weight is 594 g/mol. The summed E-state index contributed by atoms with van der Waals surface area (Å²) in [5.41, 5.74) is 1.85. The highest BCUT2D eigenvalue weighted by Crippen LogP contribution is 2.44. The summed E-state index contributed by atoms with van der Waals surface area (Å²) in [5.74, 6) is 1.41. The number of rotatable bonds is 14. The fourth-order valence-electron chi connectivity index (χ4n) is 3.98. The third-order valence-corrected chi connectivity index (χ3v) is 7.48. The highest BCUT2D eigenvalue weighted by Gasteiger charge is 2.25. The first-order chi connectivity index (χ1) is 20.3. The van der Waals surface area contributed by atoms with Gasteiger partial charge in [0.05, 0.1) is 67.3 Å². The van der Waals surface area contributed by atoms with E-state index in [2.05, 4.69) is 9.71 Å². The second-order valence-electron chi connectivity index (χ2n) is 8.82. The SMILES string of the molecule is COCCOCCOc1c(OC)cc(OC)cc1N(C)c1nc2ccccc2nc1NS(=O)(=O)c1ccc(C#N)cc1. The van der Waals surface area contributed by atoms with Gasteiger partial charge < -0.3 is 28.6 Å². The number of nitrogens with one attached hydrogen (secondary N) is 1. The van der Waals surface area contributed by atoms with Crippen molar-refractivity contribution in [3.63, 3.8) is 0 Å². The fourth-order valence-corrected chi connectivity index (χ4v) is 4.98. The number of nitriles is 1. The molecule has 1 N–H and O–H groups in total. The van der Waals surface area contributed by atoms with Crippen molar-refractivity contribution in [2.24, 2.45) is 0 Å². The van der Waals surface area contributed by atoms with Gasteiger partial charge in [0.15, 0.2) is 23.1 Å². The van der Waals surface area contributed by atoms with Crippen LogP contribution in [0.4, 0.5) is 17.3 Å². The lowest BCUT2D eigenvalue weighted by Gasteiger charge is -2.25. The molecule has 0 unspecified atom stereocenters. The lowest BCUT2D eigenvalue weighted by atomic mass is 10.2. The molecule has 0 aliphatic rings. The van der Waals surface area contributed by atoms with E-state index in [0.29, 0.717) is 59.4 Å². The molecule has 1 aromatic heterocycles. The molecule has 0 bridgehead atoms. The zero-order valence-electron chi connectivity index (χ0n) is 23.7. The number of sulfonamides is 1. The van der Waals surface area contributed by atoms with E-state index in [9.17, 15) is 8.42 Å². The van der Waals surface area contributed by atoms with E-state index >= 15 is 0 Å². The van der Waals surface area contributed by atoms with Gasteiger partial charge in [0.1, 0.15) is 12.4 Å². The molecule has 42 heavy (non-hydrogen) atoms. The van der Waals surface area contributed by atoms with Crippen molar-refractivity contribution >= 4 is 38.4 Å². The van der Waals surface area contributed by atoms with E-state index in [-0.39, 0.29) is 23.1 Å². The Balaban J connectivity index is 1.78. The number of nitrogens with zero attached hydrogens (tertiary/aromatic N) is 4. The minimum absolute atomic E-state index is 0.0174. The Kier molecular flexibility index (Phi) is 9.98. The second kappa shape index (κ2) is 13.8. The Morgan fingerprint density at radius 3 is 2.24 bits per heavy atom. The van der Waals surface area contributed by atoms with Crippen molar-refractivity contribution in [2.75, 3.05) is 64.4 Å². The van der Waals surface area contributed by atoms with Crippen molar-refractivity contribution in [1.29, 1.82) is 5.26 Å². The van der Waals surface area contributed by atoms with Gasteiger partial charge in [-0.15, -0.1) is 0 Å². The summed E-state index contributed by atoms with van der Waals surface area (Å²) in [6.45, 7) is 1.38. The smallest absolute Gasteiger partial charge is 0.263 e. The molecule has 0 radical (unpaired) electrons. The first-order valence-corrected chi connectivity index (χ1v) is 14.3. The van der Waals surface area contributed by atoms with Crippen molar-refractivity contribution < 1.29 is 32.1 Å². The molecule has 0 amide bonds. The van der Waals surface area contributed by atoms with Crippen LogP contribution in [0, 0.1) is 11.3 Å². The molecule has 4 rings (SSSR count). The van der Waals surface area contributed by atoms with Crippen LogP contribution in [-0.4, -0.2) is 73.2 Å². The Labute approximate surface area is 244 Å². The van der Waals surface area contributed by atoms with Crippen molar-refractivity contribution in [3.8, 4) is 23.3 Å². The maximum absolute atomic E-state index is 13.4. The third kappa shape index (κ3) is 6.98. The molecule has 4 aromatic rings. The van der Waals surface area contributed by atoms with Crippen LogP contribution in [0.1, 0.15) is 5.56 Å². The number of para-hydroxylation sites is 2. The lowest BCUT2D eigenvalue weighted by Crippen LogP contribution is -2.20. The molecule has 0 aliphatic carbocycles. The Morgan fingerprint density at radius 1 is 0.905 bits per heavy atom. The fraction of sp³-hybridized carbons (Fsp3) is 0.276. The maximum Gasteiger partial charge on any atom is 0.263 e. The molecular formula is C29H31N5O7S. The zero-order valence-corrected chi connectivity index (χ0v) is 24.5. The van der Waals surface area contributed by atoms with Gasteiger partial charge >= 0.3 is 0 Å². The van der Waals surface area contributed by atoms with E-state index in [1.54, 1.807) is 49.4 Å². The van der Waals surface area contributed by atoms with Crippen molar-refractivity contribution in [3.05, 3.63) is 66.2 Å². The van der Waals surface area contributed by atoms with Crippen LogP contribution in [0.15, 0.2) is 65.6 Å². The standard InChI is InChI=1S/C29H31N5O7S/c1-34(25-17-21(38-3)18-26(39-4)27(25)41-16-15-40-14-13-37-2)29-28(31-23-7-5-6-8-24(23)32-29)33-42(35,36)22-11-9-20(19-30)10-12-22/h5-12,17-18H,13-16H2,1-4H3,(H,31,33). The molecule has 220 valence electrons. The molecule has 0 aliphatic heterocycles. The first kappa shape index (κ1) is 30.3.